The average Bonchev–Trinajstić information content (AvgIpc) is 2.29. The Hall–Kier alpha value is -2.10. The van der Waals surface area contributed by atoms with Crippen molar-refractivity contribution in [2.45, 2.75) is 19.9 Å². The standard InChI is InChI=1S/C13H14N2O2/c1-8-3-5-11-10(7-8)4-6-12(15-11)14-9(2)13(16)17/h3-7,9H,1-2H3,(H,14,15)(H,16,17). The number of carboxylic acid groups (broad SMARTS) is 1. The molecule has 2 N–H and O–H groups in total. The second-order valence-electron chi connectivity index (χ2n) is 4.10. The SMILES string of the molecule is Cc1ccc2nc(NC(C)C(=O)O)ccc2c1. The minimum absolute atomic E-state index is 0.580. The summed E-state index contributed by atoms with van der Waals surface area (Å²) in [6.07, 6.45) is 0. The second-order valence-corrected chi connectivity index (χ2v) is 4.10. The molecule has 1 atom stereocenters. The number of pyridine rings is 1. The molecular weight excluding hydrogens is 216 g/mol. The molecule has 0 aliphatic heterocycles. The molecule has 0 amide bonds. The number of aliphatic carboxylic acids is 1. The Morgan fingerprint density at radius 2 is 2.12 bits per heavy atom. The molecule has 2 rings (SSSR count). The minimum Gasteiger partial charge on any atom is -0.480 e. The molecule has 0 bridgehead atoms. The summed E-state index contributed by atoms with van der Waals surface area (Å²) in [5.74, 6) is -0.313. The zero-order chi connectivity index (χ0) is 12.4. The van der Waals surface area contributed by atoms with Crippen LogP contribution in [0.5, 0.6) is 0 Å². The van der Waals surface area contributed by atoms with Gasteiger partial charge < -0.3 is 10.4 Å². The van der Waals surface area contributed by atoms with Crippen molar-refractivity contribution in [2.24, 2.45) is 0 Å². The predicted molar refractivity (Wildman–Crippen MR) is 67.2 cm³/mol. The van der Waals surface area contributed by atoms with E-state index in [0.717, 1.165) is 10.9 Å². The predicted octanol–water partition coefficient (Wildman–Crippen LogP) is 2.43. The van der Waals surface area contributed by atoms with E-state index in [2.05, 4.69) is 10.3 Å². The highest BCUT2D eigenvalue weighted by molar-refractivity contribution is 5.82. The van der Waals surface area contributed by atoms with Crippen LogP contribution >= 0.6 is 0 Å². The van der Waals surface area contributed by atoms with Gasteiger partial charge in [0.25, 0.3) is 0 Å². The molecule has 0 radical (unpaired) electrons. The van der Waals surface area contributed by atoms with Gasteiger partial charge in [0, 0.05) is 5.39 Å². The van der Waals surface area contributed by atoms with Gasteiger partial charge in [0.05, 0.1) is 5.52 Å². The summed E-state index contributed by atoms with van der Waals surface area (Å²) in [7, 11) is 0. The number of hydrogen-bond donors (Lipinski definition) is 2. The van der Waals surface area contributed by atoms with Crippen LogP contribution in [0.25, 0.3) is 10.9 Å². The first-order valence-electron chi connectivity index (χ1n) is 5.43. The summed E-state index contributed by atoms with van der Waals surface area (Å²) in [6.45, 7) is 3.61. The van der Waals surface area contributed by atoms with Crippen molar-refractivity contribution in [2.75, 3.05) is 5.32 Å². The lowest BCUT2D eigenvalue weighted by molar-refractivity contribution is -0.137. The monoisotopic (exact) mass is 230 g/mol. The van der Waals surface area contributed by atoms with Gasteiger partial charge in [-0.1, -0.05) is 11.6 Å². The molecule has 1 unspecified atom stereocenters. The molecule has 0 aliphatic carbocycles. The van der Waals surface area contributed by atoms with Gasteiger partial charge in [0.15, 0.2) is 0 Å². The lowest BCUT2D eigenvalue weighted by atomic mass is 10.1. The lowest BCUT2D eigenvalue weighted by Crippen LogP contribution is -2.25. The number of hydrogen-bond acceptors (Lipinski definition) is 3. The van der Waals surface area contributed by atoms with Crippen LogP contribution < -0.4 is 5.32 Å². The zero-order valence-corrected chi connectivity index (χ0v) is 9.77. The Balaban J connectivity index is 2.32. The molecule has 0 saturated heterocycles. The molecule has 0 spiro atoms. The van der Waals surface area contributed by atoms with Crippen LogP contribution in [0, 0.1) is 6.92 Å². The summed E-state index contributed by atoms with van der Waals surface area (Å²) in [5, 5.41) is 12.7. The Kier molecular flexibility index (Phi) is 2.95. The van der Waals surface area contributed by atoms with E-state index in [9.17, 15) is 4.79 Å². The van der Waals surface area contributed by atoms with Gasteiger partial charge in [-0.25, -0.2) is 4.98 Å². The number of carboxylic acids is 1. The summed E-state index contributed by atoms with van der Waals surface area (Å²) >= 11 is 0. The van der Waals surface area contributed by atoms with Gasteiger partial charge in [-0.2, -0.15) is 0 Å². The van der Waals surface area contributed by atoms with Crippen LogP contribution in [0.4, 0.5) is 5.82 Å². The van der Waals surface area contributed by atoms with Crippen LogP contribution in [0.3, 0.4) is 0 Å². The number of aryl methyl sites for hydroxylation is 1. The van der Waals surface area contributed by atoms with E-state index in [1.165, 1.54) is 5.56 Å². The molecular formula is C13H14N2O2. The zero-order valence-electron chi connectivity index (χ0n) is 9.77. The molecule has 0 fully saturated rings. The highest BCUT2D eigenvalue weighted by atomic mass is 16.4. The second kappa shape index (κ2) is 4.41. The molecule has 1 heterocycles. The van der Waals surface area contributed by atoms with Crippen LogP contribution in [0.2, 0.25) is 0 Å². The minimum atomic E-state index is -0.893. The summed E-state index contributed by atoms with van der Waals surface area (Å²) in [5.41, 5.74) is 2.04. The molecule has 4 nitrogen and oxygen atoms in total. The lowest BCUT2D eigenvalue weighted by Gasteiger charge is -2.10. The van der Waals surface area contributed by atoms with Gasteiger partial charge in [0.1, 0.15) is 11.9 Å². The number of benzene rings is 1. The van der Waals surface area contributed by atoms with Crippen molar-refractivity contribution >= 4 is 22.7 Å². The first kappa shape index (κ1) is 11.4. The first-order chi connectivity index (χ1) is 8.06. The molecule has 1 aromatic carbocycles. The van der Waals surface area contributed by atoms with E-state index in [1.54, 1.807) is 13.0 Å². The van der Waals surface area contributed by atoms with Crippen LogP contribution in [-0.2, 0) is 4.79 Å². The normalized spacial score (nSPS) is 12.4. The van der Waals surface area contributed by atoms with Gasteiger partial charge in [-0.3, -0.25) is 4.79 Å². The van der Waals surface area contributed by atoms with E-state index < -0.39 is 12.0 Å². The topological polar surface area (TPSA) is 62.2 Å². The van der Waals surface area contributed by atoms with Crippen molar-refractivity contribution < 1.29 is 9.90 Å². The molecule has 0 aliphatic rings. The third-order valence-electron chi connectivity index (χ3n) is 2.58. The quantitative estimate of drug-likeness (QED) is 0.850. The number of fused-ring (bicyclic) bond motifs is 1. The number of aromatic nitrogens is 1. The summed E-state index contributed by atoms with van der Waals surface area (Å²) in [4.78, 5) is 15.1. The largest absolute Gasteiger partial charge is 0.480 e. The van der Waals surface area contributed by atoms with Crippen molar-refractivity contribution in [3.63, 3.8) is 0 Å². The van der Waals surface area contributed by atoms with E-state index in [4.69, 9.17) is 5.11 Å². The number of rotatable bonds is 3. The Bertz CT molecular complexity index is 566. The Morgan fingerprint density at radius 3 is 2.82 bits per heavy atom. The molecule has 0 saturated carbocycles. The first-order valence-corrected chi connectivity index (χ1v) is 5.43. The summed E-state index contributed by atoms with van der Waals surface area (Å²) in [6, 6.07) is 9.05. The Labute approximate surface area is 99.3 Å². The van der Waals surface area contributed by atoms with Crippen molar-refractivity contribution in [1.82, 2.24) is 4.98 Å². The van der Waals surface area contributed by atoms with E-state index in [0.29, 0.717) is 5.82 Å². The van der Waals surface area contributed by atoms with Crippen molar-refractivity contribution in [3.05, 3.63) is 35.9 Å². The maximum absolute atomic E-state index is 10.7. The molecule has 17 heavy (non-hydrogen) atoms. The van der Waals surface area contributed by atoms with Crippen LogP contribution in [-0.4, -0.2) is 22.1 Å². The summed E-state index contributed by atoms with van der Waals surface area (Å²) < 4.78 is 0. The third-order valence-corrected chi connectivity index (χ3v) is 2.58. The average molecular weight is 230 g/mol. The molecule has 2 aromatic rings. The molecule has 1 aromatic heterocycles. The van der Waals surface area contributed by atoms with Gasteiger partial charge in [-0.15, -0.1) is 0 Å². The van der Waals surface area contributed by atoms with Crippen LogP contribution in [0.15, 0.2) is 30.3 Å². The Morgan fingerprint density at radius 1 is 1.35 bits per heavy atom. The van der Waals surface area contributed by atoms with Crippen molar-refractivity contribution in [1.29, 1.82) is 0 Å². The maximum Gasteiger partial charge on any atom is 0.325 e. The fourth-order valence-electron chi connectivity index (χ4n) is 1.61. The maximum atomic E-state index is 10.7. The van der Waals surface area contributed by atoms with E-state index in [-0.39, 0.29) is 0 Å². The molecule has 4 heteroatoms. The van der Waals surface area contributed by atoms with Gasteiger partial charge >= 0.3 is 5.97 Å². The third kappa shape index (κ3) is 2.53. The van der Waals surface area contributed by atoms with Crippen LogP contribution in [0.1, 0.15) is 12.5 Å². The highest BCUT2D eigenvalue weighted by Gasteiger charge is 2.10. The number of nitrogens with one attached hydrogen (secondary N) is 1. The highest BCUT2D eigenvalue weighted by Crippen LogP contribution is 2.17. The van der Waals surface area contributed by atoms with E-state index >= 15 is 0 Å². The molecule has 88 valence electrons. The number of carbonyl (C=O) groups is 1. The van der Waals surface area contributed by atoms with E-state index in [1.807, 2.05) is 31.2 Å². The van der Waals surface area contributed by atoms with Crippen molar-refractivity contribution in [3.8, 4) is 0 Å². The number of nitrogens with zero attached hydrogens (tertiary/aromatic N) is 1. The fraction of sp³-hybridized carbons (Fsp3) is 0.231. The van der Waals surface area contributed by atoms with Gasteiger partial charge in [-0.05, 0) is 38.1 Å². The smallest absolute Gasteiger partial charge is 0.325 e. The fourth-order valence-corrected chi connectivity index (χ4v) is 1.61. The van der Waals surface area contributed by atoms with Gasteiger partial charge in [0.2, 0.25) is 0 Å². The number of anilines is 1.